The van der Waals surface area contributed by atoms with Crippen LogP contribution < -0.4 is 0 Å². The first-order valence-corrected chi connectivity index (χ1v) is 18.4. The minimum Gasteiger partial charge on any atom is -0.282 e. The summed E-state index contributed by atoms with van der Waals surface area (Å²) >= 11 is 0. The Kier molecular flexibility index (Phi) is 7.30. The van der Waals surface area contributed by atoms with E-state index in [1.807, 2.05) is 0 Å². The van der Waals surface area contributed by atoms with E-state index in [-0.39, 0.29) is 11.8 Å². The summed E-state index contributed by atoms with van der Waals surface area (Å²) in [4.78, 5) is 0.343. The molecular weight excluding hydrogens is 512 g/mol. The highest BCUT2D eigenvalue weighted by atomic mass is 32.2. The van der Waals surface area contributed by atoms with Crippen molar-refractivity contribution in [3.63, 3.8) is 0 Å². The molecule has 1 aromatic rings. The van der Waals surface area contributed by atoms with E-state index in [2.05, 4.69) is 32.9 Å². The van der Waals surface area contributed by atoms with Crippen LogP contribution in [0.25, 0.3) is 5.57 Å². The Morgan fingerprint density at radius 3 is 1.75 bits per heavy atom. The van der Waals surface area contributed by atoms with Crippen molar-refractivity contribution in [2.45, 2.75) is 134 Å². The molecule has 5 fully saturated rings. The molecule has 0 radical (unpaired) electrons. The summed E-state index contributed by atoms with van der Waals surface area (Å²) in [5, 5.41) is 0. The Morgan fingerprint density at radius 1 is 0.650 bits per heavy atom. The lowest BCUT2D eigenvalue weighted by Crippen LogP contribution is -2.33. The Balaban J connectivity index is 1.40. The molecule has 5 saturated carbocycles. The molecular formula is C36H52O3S. The fourth-order valence-electron chi connectivity index (χ4n) is 11.5. The van der Waals surface area contributed by atoms with Crippen LogP contribution in [0.3, 0.4) is 0 Å². The highest BCUT2D eigenvalue weighted by Gasteiger charge is 2.43. The zero-order valence-electron chi connectivity index (χ0n) is 25.2. The van der Waals surface area contributed by atoms with Crippen LogP contribution >= 0.6 is 0 Å². The lowest BCUT2D eigenvalue weighted by molar-refractivity contribution is 0.119. The molecule has 0 aliphatic heterocycles. The first kappa shape index (κ1) is 27.7. The molecule has 1 N–H and O–H groups in total. The zero-order chi connectivity index (χ0) is 27.8. The molecule has 6 aliphatic carbocycles. The zero-order valence-corrected chi connectivity index (χ0v) is 26.0. The molecule has 10 atom stereocenters. The minimum absolute atomic E-state index is 0.253. The van der Waals surface area contributed by atoms with Crippen LogP contribution in [-0.2, 0) is 10.1 Å². The third kappa shape index (κ3) is 5.16. The number of benzene rings is 1. The maximum absolute atomic E-state index is 13.5. The van der Waals surface area contributed by atoms with E-state index in [0.29, 0.717) is 28.6 Å². The third-order valence-electron chi connectivity index (χ3n) is 12.7. The fourth-order valence-corrected chi connectivity index (χ4v) is 12.5. The molecule has 40 heavy (non-hydrogen) atoms. The smallest absolute Gasteiger partial charge is 0.282 e. The van der Waals surface area contributed by atoms with Gasteiger partial charge in [0.05, 0.1) is 0 Å². The van der Waals surface area contributed by atoms with E-state index in [1.165, 1.54) is 88.2 Å². The van der Waals surface area contributed by atoms with E-state index in [9.17, 15) is 13.0 Å². The number of hydrogen-bond donors (Lipinski definition) is 1. The van der Waals surface area contributed by atoms with Gasteiger partial charge in [-0.2, -0.15) is 8.42 Å². The predicted octanol–water partition coefficient (Wildman–Crippen LogP) is 9.78. The SMILES string of the molecule is CC1CC2=C(c3cc(C4CCC5CC(C)CC4C5)c(S(=O)(=O)O)c(C4CCC5CC(C)CC4C5)c3)CCC(C2)C1. The second-order valence-corrected chi connectivity index (χ2v) is 17.3. The van der Waals surface area contributed by atoms with Crippen molar-refractivity contribution < 1.29 is 13.0 Å². The average molecular weight is 565 g/mol. The van der Waals surface area contributed by atoms with E-state index < -0.39 is 10.1 Å². The van der Waals surface area contributed by atoms with Crippen molar-refractivity contribution in [2.24, 2.45) is 47.3 Å². The fraction of sp³-hybridized carbons (Fsp3) is 0.778. The van der Waals surface area contributed by atoms with Gasteiger partial charge >= 0.3 is 0 Å². The number of rotatable bonds is 4. The second kappa shape index (κ2) is 10.5. The summed E-state index contributed by atoms with van der Waals surface area (Å²) in [6.07, 6.45) is 18.3. The molecule has 7 rings (SSSR count). The normalized spacial score (nSPS) is 41.6. The predicted molar refractivity (Wildman–Crippen MR) is 163 cm³/mol. The maximum Gasteiger partial charge on any atom is 0.295 e. The first-order chi connectivity index (χ1) is 19.1. The second-order valence-electron chi connectivity index (χ2n) is 15.9. The molecule has 4 heteroatoms. The molecule has 6 aliphatic rings. The van der Waals surface area contributed by atoms with Crippen molar-refractivity contribution in [3.05, 3.63) is 34.4 Å². The summed E-state index contributed by atoms with van der Waals surface area (Å²) in [6.45, 7) is 7.20. The van der Waals surface area contributed by atoms with Gasteiger partial charge in [0.1, 0.15) is 4.90 Å². The van der Waals surface area contributed by atoms with Gasteiger partial charge in [-0.15, -0.1) is 0 Å². The molecule has 3 nitrogen and oxygen atoms in total. The van der Waals surface area contributed by atoms with Gasteiger partial charge in [0.15, 0.2) is 0 Å². The van der Waals surface area contributed by atoms with Gasteiger partial charge in [0, 0.05) is 0 Å². The van der Waals surface area contributed by atoms with Crippen LogP contribution in [0.4, 0.5) is 0 Å². The third-order valence-corrected chi connectivity index (χ3v) is 13.7. The summed E-state index contributed by atoms with van der Waals surface area (Å²) in [5.74, 6) is 6.19. The van der Waals surface area contributed by atoms with Crippen molar-refractivity contribution in [2.75, 3.05) is 0 Å². The van der Waals surface area contributed by atoms with Gasteiger partial charge in [-0.05, 0) is 190 Å². The Hall–Kier alpha value is -1.13. The molecule has 1 aromatic carbocycles. The monoisotopic (exact) mass is 564 g/mol. The quantitative estimate of drug-likeness (QED) is 0.370. The van der Waals surface area contributed by atoms with Crippen molar-refractivity contribution in [3.8, 4) is 0 Å². The van der Waals surface area contributed by atoms with E-state index in [1.54, 1.807) is 5.57 Å². The molecule has 0 aromatic heterocycles. The summed E-state index contributed by atoms with van der Waals surface area (Å²) in [7, 11) is -4.33. The van der Waals surface area contributed by atoms with Crippen LogP contribution in [0.5, 0.6) is 0 Å². The van der Waals surface area contributed by atoms with Crippen LogP contribution in [0.1, 0.15) is 146 Å². The molecule has 0 spiro atoms. The Labute approximate surface area is 243 Å². The van der Waals surface area contributed by atoms with Gasteiger partial charge in [-0.25, -0.2) is 0 Å². The van der Waals surface area contributed by atoms with Crippen molar-refractivity contribution in [1.29, 1.82) is 0 Å². The van der Waals surface area contributed by atoms with Crippen LogP contribution in [0.15, 0.2) is 22.6 Å². The van der Waals surface area contributed by atoms with Gasteiger partial charge < -0.3 is 0 Å². The molecule has 6 bridgehead atoms. The summed E-state index contributed by atoms with van der Waals surface area (Å²) in [6, 6.07) is 4.60. The Bertz CT molecular complexity index is 1220. The topological polar surface area (TPSA) is 54.4 Å². The van der Waals surface area contributed by atoms with Crippen LogP contribution in [0.2, 0.25) is 0 Å². The lowest BCUT2D eigenvalue weighted by atomic mass is 9.60. The summed E-state index contributed by atoms with van der Waals surface area (Å²) in [5.41, 5.74) is 6.49. The van der Waals surface area contributed by atoms with Gasteiger partial charge in [0.25, 0.3) is 10.1 Å². The van der Waals surface area contributed by atoms with Gasteiger partial charge in [-0.3, -0.25) is 4.55 Å². The van der Waals surface area contributed by atoms with Crippen LogP contribution in [-0.4, -0.2) is 13.0 Å². The molecule has 0 saturated heterocycles. The number of fused-ring (bicyclic) bond motifs is 6. The molecule has 220 valence electrons. The highest BCUT2D eigenvalue weighted by molar-refractivity contribution is 7.86. The molecule has 10 unspecified atom stereocenters. The Morgan fingerprint density at radius 2 is 1.20 bits per heavy atom. The lowest BCUT2D eigenvalue weighted by Gasteiger charge is -2.45. The van der Waals surface area contributed by atoms with Gasteiger partial charge in [0.2, 0.25) is 0 Å². The molecule has 0 heterocycles. The largest absolute Gasteiger partial charge is 0.295 e. The maximum atomic E-state index is 13.5. The first-order valence-electron chi connectivity index (χ1n) is 17.0. The number of hydrogen-bond acceptors (Lipinski definition) is 2. The standard InChI is InChI=1S/C36H52O3S/c1-21-10-24-4-7-31(27(13-21)16-24)30-19-34(32-8-5-25-11-22(2)14-28(32)17-25)36(40(37,38)39)35(20-30)33-9-6-26-12-23(3)15-29(33)18-26/h19-26,28-29,32-33H,4-18H2,1-3H3,(H,37,38,39). The highest BCUT2D eigenvalue weighted by Crippen LogP contribution is 2.55. The summed E-state index contributed by atoms with van der Waals surface area (Å²) < 4.78 is 38.0. The van der Waals surface area contributed by atoms with E-state index >= 15 is 0 Å². The van der Waals surface area contributed by atoms with E-state index in [4.69, 9.17) is 0 Å². The van der Waals surface area contributed by atoms with E-state index in [0.717, 1.165) is 54.1 Å². The van der Waals surface area contributed by atoms with Gasteiger partial charge in [-0.1, -0.05) is 26.3 Å². The average Bonchev–Trinajstić information content (AvgIpc) is 2.87. The minimum atomic E-state index is -4.33. The van der Waals surface area contributed by atoms with Crippen molar-refractivity contribution in [1.82, 2.24) is 0 Å². The molecule has 0 amide bonds. The van der Waals surface area contributed by atoms with Crippen LogP contribution in [0, 0.1) is 47.3 Å². The number of allylic oxidation sites excluding steroid dienone is 2. The van der Waals surface area contributed by atoms with Crippen molar-refractivity contribution >= 4 is 15.7 Å².